The molecule has 2 aromatic carbocycles. The predicted molar refractivity (Wildman–Crippen MR) is 129 cm³/mol. The number of nitrogens with one attached hydrogen (secondary N) is 2. The fourth-order valence-corrected chi connectivity index (χ4v) is 2.58. The molecule has 0 saturated carbocycles. The summed E-state index contributed by atoms with van der Waals surface area (Å²) in [6, 6.07) is 16.5. The smallest absolute Gasteiger partial charge is 0.191 e. The van der Waals surface area contributed by atoms with Crippen LogP contribution in [0, 0.1) is 6.92 Å². The van der Waals surface area contributed by atoms with Crippen molar-refractivity contribution >= 4 is 29.9 Å². The van der Waals surface area contributed by atoms with E-state index in [1.807, 2.05) is 26.2 Å². The van der Waals surface area contributed by atoms with Crippen LogP contribution in [-0.4, -0.2) is 44.7 Å². The molecule has 0 heterocycles. The molecule has 0 unspecified atom stereocenters. The largest absolute Gasteiger partial charge is 0.492 e. The first-order valence-electron chi connectivity index (χ1n) is 9.51. The van der Waals surface area contributed by atoms with E-state index in [9.17, 15) is 0 Å². The Morgan fingerprint density at radius 2 is 1.86 bits per heavy atom. The van der Waals surface area contributed by atoms with Crippen LogP contribution in [0.25, 0.3) is 0 Å². The summed E-state index contributed by atoms with van der Waals surface area (Å²) in [7, 11) is 4.08. The summed E-state index contributed by atoms with van der Waals surface area (Å²) in [4.78, 5) is 6.82. The monoisotopic (exact) mass is 496 g/mol. The van der Waals surface area contributed by atoms with Gasteiger partial charge in [0.05, 0.1) is 6.54 Å². The molecule has 2 N–H and O–H groups in total. The average Bonchev–Trinajstić information content (AvgIpc) is 2.65. The Bertz CT molecular complexity index is 734. The van der Waals surface area contributed by atoms with Gasteiger partial charge >= 0.3 is 0 Å². The lowest BCUT2D eigenvalue weighted by Gasteiger charge is -2.13. The number of nitrogens with zero attached hydrogens (tertiary/aromatic N) is 2. The molecule has 2 rings (SSSR count). The summed E-state index contributed by atoms with van der Waals surface area (Å²) in [5.41, 5.74) is 3.69. The summed E-state index contributed by atoms with van der Waals surface area (Å²) in [5.74, 6) is 1.71. The van der Waals surface area contributed by atoms with Crippen LogP contribution >= 0.6 is 24.0 Å². The Morgan fingerprint density at radius 3 is 2.57 bits per heavy atom. The van der Waals surface area contributed by atoms with Crippen molar-refractivity contribution in [2.24, 2.45) is 4.99 Å². The van der Waals surface area contributed by atoms with Gasteiger partial charge in [-0.25, -0.2) is 4.99 Å². The molecule has 6 heteroatoms. The average molecular weight is 496 g/mol. The quantitative estimate of drug-likeness (QED) is 0.315. The molecular weight excluding hydrogens is 463 g/mol. The van der Waals surface area contributed by atoms with E-state index in [2.05, 4.69) is 65.8 Å². The molecule has 0 radical (unpaired) electrons. The molecule has 0 aliphatic carbocycles. The van der Waals surface area contributed by atoms with Crippen LogP contribution in [0.2, 0.25) is 0 Å². The Balaban J connectivity index is 0.00000392. The lowest BCUT2D eigenvalue weighted by molar-refractivity contribution is 0.261. The summed E-state index contributed by atoms with van der Waals surface area (Å²) < 4.78 is 5.81. The highest BCUT2D eigenvalue weighted by Crippen LogP contribution is 2.14. The molecule has 154 valence electrons. The second-order valence-corrected chi connectivity index (χ2v) is 6.77. The van der Waals surface area contributed by atoms with E-state index in [1.54, 1.807) is 0 Å². The van der Waals surface area contributed by atoms with Crippen LogP contribution in [0.15, 0.2) is 53.5 Å². The van der Waals surface area contributed by atoms with Crippen LogP contribution in [0.5, 0.6) is 5.75 Å². The number of hydrogen-bond acceptors (Lipinski definition) is 3. The molecule has 0 spiro atoms. The Morgan fingerprint density at radius 1 is 1.07 bits per heavy atom. The zero-order valence-electron chi connectivity index (χ0n) is 17.4. The molecule has 0 fully saturated rings. The lowest BCUT2D eigenvalue weighted by atomic mass is 10.1. The van der Waals surface area contributed by atoms with Crippen molar-refractivity contribution in [1.29, 1.82) is 0 Å². The number of ether oxygens (including phenoxy) is 1. The van der Waals surface area contributed by atoms with E-state index in [0.717, 1.165) is 36.9 Å². The van der Waals surface area contributed by atoms with Gasteiger partial charge in [0.2, 0.25) is 0 Å². The van der Waals surface area contributed by atoms with Crippen LogP contribution in [-0.2, 0) is 13.1 Å². The predicted octanol–water partition coefficient (Wildman–Crippen LogP) is 3.81. The Hall–Kier alpha value is -1.80. The van der Waals surface area contributed by atoms with Crippen molar-refractivity contribution < 1.29 is 4.74 Å². The lowest BCUT2D eigenvalue weighted by Crippen LogP contribution is -2.36. The van der Waals surface area contributed by atoms with Crippen LogP contribution in [0.3, 0.4) is 0 Å². The third-order valence-electron chi connectivity index (χ3n) is 4.18. The molecule has 0 saturated heterocycles. The van der Waals surface area contributed by atoms with E-state index in [-0.39, 0.29) is 24.0 Å². The number of likely N-dealkylation sites (N-methyl/N-ethyl adjacent to an activating group) is 1. The van der Waals surface area contributed by atoms with E-state index < -0.39 is 0 Å². The minimum absolute atomic E-state index is 0. The Kier molecular flexibility index (Phi) is 11.6. The van der Waals surface area contributed by atoms with Gasteiger partial charge in [0.25, 0.3) is 0 Å². The van der Waals surface area contributed by atoms with Crippen molar-refractivity contribution in [3.05, 3.63) is 65.2 Å². The van der Waals surface area contributed by atoms with Gasteiger partial charge in [0, 0.05) is 19.6 Å². The highest BCUT2D eigenvalue weighted by Gasteiger charge is 2.02. The fourth-order valence-electron chi connectivity index (χ4n) is 2.58. The Labute approximate surface area is 186 Å². The molecule has 0 aromatic heterocycles. The van der Waals surface area contributed by atoms with Gasteiger partial charge in [-0.2, -0.15) is 0 Å². The number of rotatable bonds is 9. The molecule has 28 heavy (non-hydrogen) atoms. The van der Waals surface area contributed by atoms with Gasteiger partial charge in [-0.1, -0.05) is 36.4 Å². The number of aliphatic imine (C=N–C) groups is 1. The third kappa shape index (κ3) is 8.93. The second kappa shape index (κ2) is 13.4. The van der Waals surface area contributed by atoms with Gasteiger partial charge < -0.3 is 20.3 Å². The molecule has 0 aliphatic rings. The highest BCUT2D eigenvalue weighted by atomic mass is 127. The number of benzene rings is 2. The van der Waals surface area contributed by atoms with Crippen molar-refractivity contribution in [1.82, 2.24) is 15.5 Å². The maximum Gasteiger partial charge on any atom is 0.191 e. The molecular formula is C22H33IN4O. The first kappa shape index (κ1) is 24.2. The summed E-state index contributed by atoms with van der Waals surface area (Å²) in [5, 5.41) is 6.72. The van der Waals surface area contributed by atoms with Crippen molar-refractivity contribution in [2.45, 2.75) is 26.9 Å². The first-order valence-corrected chi connectivity index (χ1v) is 9.51. The molecule has 0 atom stereocenters. The normalized spacial score (nSPS) is 11.1. The van der Waals surface area contributed by atoms with Crippen molar-refractivity contribution in [3.8, 4) is 5.75 Å². The molecule has 2 aromatic rings. The summed E-state index contributed by atoms with van der Waals surface area (Å²) in [6.07, 6.45) is 0. The van der Waals surface area contributed by atoms with Crippen LogP contribution in [0.1, 0.15) is 23.6 Å². The summed E-state index contributed by atoms with van der Waals surface area (Å²) >= 11 is 0. The maximum absolute atomic E-state index is 5.81. The van der Waals surface area contributed by atoms with Gasteiger partial charge in [-0.05, 0) is 56.8 Å². The second-order valence-electron chi connectivity index (χ2n) is 6.77. The topological polar surface area (TPSA) is 48.9 Å². The third-order valence-corrected chi connectivity index (χ3v) is 4.18. The molecule has 0 amide bonds. The minimum atomic E-state index is 0. The summed E-state index contributed by atoms with van der Waals surface area (Å²) in [6.45, 7) is 7.97. The number of halogens is 1. The van der Waals surface area contributed by atoms with Crippen molar-refractivity contribution in [3.63, 3.8) is 0 Å². The van der Waals surface area contributed by atoms with E-state index in [0.29, 0.717) is 13.2 Å². The number of guanidine groups is 1. The molecule has 0 aliphatic heterocycles. The molecule has 5 nitrogen and oxygen atoms in total. The SMILES string of the molecule is CCNC(=NCc1cccc(OCCN(C)C)c1)NCc1ccccc1C.I. The van der Waals surface area contributed by atoms with Gasteiger partial charge in [0.1, 0.15) is 12.4 Å². The number of aryl methyl sites for hydroxylation is 1. The van der Waals surface area contributed by atoms with Crippen molar-refractivity contribution in [2.75, 3.05) is 33.8 Å². The maximum atomic E-state index is 5.81. The van der Waals surface area contributed by atoms with Gasteiger partial charge in [-0.15, -0.1) is 24.0 Å². The molecule has 0 bridgehead atoms. The van der Waals surface area contributed by atoms with E-state index in [1.165, 1.54) is 11.1 Å². The fraction of sp³-hybridized carbons (Fsp3) is 0.409. The van der Waals surface area contributed by atoms with E-state index in [4.69, 9.17) is 9.73 Å². The van der Waals surface area contributed by atoms with Crippen LogP contribution in [0.4, 0.5) is 0 Å². The van der Waals surface area contributed by atoms with E-state index >= 15 is 0 Å². The zero-order valence-corrected chi connectivity index (χ0v) is 19.7. The standard InChI is InChI=1S/C22H32N4O.HI/c1-5-23-22(25-17-20-11-7-6-9-18(20)2)24-16-19-10-8-12-21(15-19)27-14-13-26(3)4;/h6-12,15H,5,13-14,16-17H2,1-4H3,(H2,23,24,25);1H. The van der Waals surface area contributed by atoms with Crippen LogP contribution < -0.4 is 15.4 Å². The number of hydrogen-bond donors (Lipinski definition) is 2. The zero-order chi connectivity index (χ0) is 19.5. The van der Waals surface area contributed by atoms with Gasteiger partial charge in [-0.3, -0.25) is 0 Å². The first-order chi connectivity index (χ1) is 13.1. The minimum Gasteiger partial charge on any atom is -0.492 e. The van der Waals surface area contributed by atoms with Gasteiger partial charge in [0.15, 0.2) is 5.96 Å². The highest BCUT2D eigenvalue weighted by molar-refractivity contribution is 14.0.